The molecule has 0 saturated carbocycles. The van der Waals surface area contributed by atoms with Crippen molar-refractivity contribution in [3.05, 3.63) is 11.3 Å². The van der Waals surface area contributed by atoms with E-state index in [0.717, 1.165) is 31.1 Å². The zero-order chi connectivity index (χ0) is 12.9. The summed E-state index contributed by atoms with van der Waals surface area (Å²) in [5.41, 5.74) is 6.79. The number of carbonyl (C=O) groups is 1. The molecule has 2 atom stereocenters. The van der Waals surface area contributed by atoms with Gasteiger partial charge in [0.1, 0.15) is 11.4 Å². The van der Waals surface area contributed by atoms with Crippen LogP contribution in [0.4, 0.5) is 5.82 Å². The van der Waals surface area contributed by atoms with Crippen LogP contribution in [0.5, 0.6) is 0 Å². The van der Waals surface area contributed by atoms with Crippen LogP contribution in [0.1, 0.15) is 22.5 Å². The summed E-state index contributed by atoms with van der Waals surface area (Å²) in [6, 6.07) is 0.470. The Hall–Kier alpha value is -1.56. The predicted molar refractivity (Wildman–Crippen MR) is 68.6 cm³/mol. The van der Waals surface area contributed by atoms with Gasteiger partial charge in [0.25, 0.3) is 5.91 Å². The molecule has 1 amide bonds. The normalized spacial score (nSPS) is 26.7. The summed E-state index contributed by atoms with van der Waals surface area (Å²) in [6.07, 6.45) is 1.17. The van der Waals surface area contributed by atoms with Gasteiger partial charge in [0.05, 0.1) is 5.69 Å². The third-order valence-electron chi connectivity index (χ3n) is 4.16. The zero-order valence-corrected chi connectivity index (χ0v) is 10.8. The molecule has 0 bridgehead atoms. The second kappa shape index (κ2) is 3.98. The number of hydrogen-bond acceptors (Lipinski definition) is 4. The van der Waals surface area contributed by atoms with E-state index in [1.165, 1.54) is 6.42 Å². The number of nitrogens with zero attached hydrogens (tertiary/aromatic N) is 3. The number of aromatic nitrogens is 2. The van der Waals surface area contributed by atoms with Crippen molar-refractivity contribution in [2.45, 2.75) is 19.4 Å². The third kappa shape index (κ3) is 1.52. The van der Waals surface area contributed by atoms with Gasteiger partial charge in [-0.3, -0.25) is 9.48 Å². The summed E-state index contributed by atoms with van der Waals surface area (Å²) in [5, 5.41) is 7.76. The van der Waals surface area contributed by atoms with E-state index in [0.29, 0.717) is 17.5 Å². The largest absolute Gasteiger partial charge is 0.365 e. The van der Waals surface area contributed by atoms with Gasteiger partial charge in [-0.05, 0) is 19.3 Å². The summed E-state index contributed by atoms with van der Waals surface area (Å²) < 4.78 is 1.79. The summed E-state index contributed by atoms with van der Waals surface area (Å²) in [7, 11) is 1.88. The van der Waals surface area contributed by atoms with Crippen molar-refractivity contribution in [1.82, 2.24) is 15.1 Å². The van der Waals surface area contributed by atoms with Gasteiger partial charge in [0, 0.05) is 32.7 Å². The molecule has 0 aromatic carbocycles. The highest BCUT2D eigenvalue weighted by molar-refractivity contribution is 5.99. The molecule has 1 aromatic rings. The van der Waals surface area contributed by atoms with Gasteiger partial charge in [-0.1, -0.05) is 0 Å². The minimum Gasteiger partial charge on any atom is -0.365 e. The molecule has 3 N–H and O–H groups in total. The van der Waals surface area contributed by atoms with Crippen molar-refractivity contribution in [2.24, 2.45) is 18.7 Å². The van der Waals surface area contributed by atoms with Crippen LogP contribution < -0.4 is 16.0 Å². The van der Waals surface area contributed by atoms with Crippen molar-refractivity contribution >= 4 is 11.7 Å². The lowest BCUT2D eigenvalue weighted by atomic mass is 10.1. The molecular weight excluding hydrogens is 230 g/mol. The zero-order valence-electron chi connectivity index (χ0n) is 10.8. The number of aryl methyl sites for hydroxylation is 2. The number of nitrogens with two attached hydrogens (primary N) is 1. The van der Waals surface area contributed by atoms with E-state index in [9.17, 15) is 4.79 Å². The first-order valence-electron chi connectivity index (χ1n) is 6.40. The van der Waals surface area contributed by atoms with Gasteiger partial charge >= 0.3 is 0 Å². The van der Waals surface area contributed by atoms with Crippen molar-refractivity contribution in [2.75, 3.05) is 24.5 Å². The number of nitrogens with one attached hydrogen (secondary N) is 1. The molecule has 6 nitrogen and oxygen atoms in total. The highest BCUT2D eigenvalue weighted by Gasteiger charge is 2.40. The maximum atomic E-state index is 11.6. The molecule has 0 unspecified atom stereocenters. The van der Waals surface area contributed by atoms with Gasteiger partial charge in [0.15, 0.2) is 0 Å². The molecule has 98 valence electrons. The van der Waals surface area contributed by atoms with E-state index < -0.39 is 0 Å². The van der Waals surface area contributed by atoms with Crippen LogP contribution in [-0.4, -0.2) is 41.4 Å². The van der Waals surface area contributed by atoms with E-state index in [2.05, 4.69) is 15.3 Å². The minimum absolute atomic E-state index is 0.384. The second-order valence-corrected chi connectivity index (χ2v) is 5.24. The Morgan fingerprint density at radius 2 is 2.28 bits per heavy atom. The van der Waals surface area contributed by atoms with Gasteiger partial charge in [-0.2, -0.15) is 5.10 Å². The Morgan fingerprint density at radius 3 is 3.00 bits per heavy atom. The van der Waals surface area contributed by atoms with Gasteiger partial charge in [-0.15, -0.1) is 0 Å². The highest BCUT2D eigenvalue weighted by Crippen LogP contribution is 2.34. The van der Waals surface area contributed by atoms with E-state index in [1.54, 1.807) is 4.68 Å². The smallest absolute Gasteiger partial charge is 0.254 e. The van der Waals surface area contributed by atoms with Crippen LogP contribution in [0, 0.1) is 12.8 Å². The number of fused-ring (bicyclic) bond motifs is 1. The second-order valence-electron chi connectivity index (χ2n) is 5.24. The molecule has 2 fully saturated rings. The van der Waals surface area contributed by atoms with Gasteiger partial charge < -0.3 is 16.0 Å². The average Bonchev–Trinajstić information content (AvgIpc) is 2.91. The Labute approximate surface area is 106 Å². The number of anilines is 1. The lowest BCUT2D eigenvalue weighted by Crippen LogP contribution is -2.36. The molecule has 18 heavy (non-hydrogen) atoms. The van der Waals surface area contributed by atoms with E-state index in [4.69, 9.17) is 5.73 Å². The van der Waals surface area contributed by atoms with Crippen molar-refractivity contribution in [3.63, 3.8) is 0 Å². The Kier molecular flexibility index (Phi) is 2.55. The average molecular weight is 249 g/mol. The first kappa shape index (κ1) is 11.5. The first-order chi connectivity index (χ1) is 8.59. The van der Waals surface area contributed by atoms with E-state index in [-0.39, 0.29) is 5.91 Å². The Morgan fingerprint density at radius 1 is 1.50 bits per heavy atom. The maximum Gasteiger partial charge on any atom is 0.254 e. The monoisotopic (exact) mass is 249 g/mol. The topological polar surface area (TPSA) is 76.2 Å². The van der Waals surface area contributed by atoms with Crippen LogP contribution in [0.3, 0.4) is 0 Å². The fraction of sp³-hybridized carbons (Fsp3) is 0.667. The molecule has 0 radical (unpaired) electrons. The lowest BCUT2D eigenvalue weighted by Gasteiger charge is -2.26. The SMILES string of the molecule is Cc1nn(C)c(N2CC[C@H]3CNC[C@H]32)c1C(N)=O. The van der Waals surface area contributed by atoms with Crippen LogP contribution in [-0.2, 0) is 7.05 Å². The van der Waals surface area contributed by atoms with E-state index in [1.807, 2.05) is 14.0 Å². The Bertz CT molecular complexity index is 495. The number of rotatable bonds is 2. The first-order valence-corrected chi connectivity index (χ1v) is 6.40. The molecule has 2 aliphatic heterocycles. The molecule has 6 heteroatoms. The van der Waals surface area contributed by atoms with Gasteiger partial charge in [-0.25, -0.2) is 0 Å². The summed E-state index contributed by atoms with van der Waals surface area (Å²) in [5.74, 6) is 1.18. The quantitative estimate of drug-likeness (QED) is 0.749. The molecule has 0 spiro atoms. The molecule has 0 aliphatic carbocycles. The van der Waals surface area contributed by atoms with Crippen molar-refractivity contribution in [1.29, 1.82) is 0 Å². The number of amides is 1. The Balaban J connectivity index is 2.04. The van der Waals surface area contributed by atoms with Crippen LogP contribution in [0.15, 0.2) is 0 Å². The summed E-state index contributed by atoms with van der Waals surface area (Å²) in [6.45, 7) is 4.87. The standard InChI is InChI=1S/C12H19N5O/c1-7-10(11(13)18)12(16(2)15-7)17-4-3-8-5-14-6-9(8)17/h8-9,14H,3-6H2,1-2H3,(H2,13,18)/t8-,9+/m0/s1. The lowest BCUT2D eigenvalue weighted by molar-refractivity contribution is 0.1000. The fourth-order valence-corrected chi connectivity index (χ4v) is 3.38. The fourth-order valence-electron chi connectivity index (χ4n) is 3.38. The molecule has 2 aliphatic rings. The third-order valence-corrected chi connectivity index (χ3v) is 4.16. The maximum absolute atomic E-state index is 11.6. The van der Waals surface area contributed by atoms with Crippen LogP contribution in [0.2, 0.25) is 0 Å². The number of carbonyl (C=O) groups excluding carboxylic acids is 1. The van der Waals surface area contributed by atoms with Crippen molar-refractivity contribution < 1.29 is 4.79 Å². The van der Waals surface area contributed by atoms with Crippen molar-refractivity contribution in [3.8, 4) is 0 Å². The van der Waals surface area contributed by atoms with Crippen LogP contribution in [0.25, 0.3) is 0 Å². The number of hydrogen-bond donors (Lipinski definition) is 2. The molecular formula is C12H19N5O. The summed E-state index contributed by atoms with van der Waals surface area (Å²) >= 11 is 0. The van der Waals surface area contributed by atoms with E-state index >= 15 is 0 Å². The summed E-state index contributed by atoms with van der Waals surface area (Å²) in [4.78, 5) is 13.9. The molecule has 3 heterocycles. The minimum atomic E-state index is -0.384. The molecule has 1 aromatic heterocycles. The van der Waals surface area contributed by atoms with Crippen LogP contribution >= 0.6 is 0 Å². The molecule has 3 rings (SSSR count). The van der Waals surface area contributed by atoms with Gasteiger partial charge in [0.2, 0.25) is 0 Å². The number of primary amides is 1. The molecule has 2 saturated heterocycles. The predicted octanol–water partition coefficient (Wildman–Crippen LogP) is -0.374. The highest BCUT2D eigenvalue weighted by atomic mass is 16.1.